The Balaban J connectivity index is -0.000000446. The fraction of sp³-hybridized carbons (Fsp3) is 0.718. The van der Waals surface area contributed by atoms with Crippen molar-refractivity contribution in [3.8, 4) is 0 Å². The van der Waals surface area contributed by atoms with E-state index in [1.165, 1.54) is 12.8 Å². The summed E-state index contributed by atoms with van der Waals surface area (Å²) in [4.78, 5) is 36.8. The van der Waals surface area contributed by atoms with Crippen molar-refractivity contribution in [3.63, 3.8) is 0 Å². The summed E-state index contributed by atoms with van der Waals surface area (Å²) < 4.78 is 5.73. The number of nitrogens with two attached hydrogens (primary N) is 1. The van der Waals surface area contributed by atoms with Crippen LogP contribution < -0.4 is 21.8 Å². The number of carbonyl (C=O) groups excluding carboxylic acids is 3. The number of aldehydes is 1. The molecule has 0 heterocycles. The van der Waals surface area contributed by atoms with Gasteiger partial charge in [0.25, 0.3) is 0 Å². The first-order valence-corrected chi connectivity index (χ1v) is 19.0. The minimum atomic E-state index is -0.579. The van der Waals surface area contributed by atoms with E-state index in [9.17, 15) is 9.59 Å². The van der Waals surface area contributed by atoms with Crippen LogP contribution >= 0.6 is 0 Å². The zero-order chi connectivity index (χ0) is 38.6. The van der Waals surface area contributed by atoms with Gasteiger partial charge in [0.1, 0.15) is 6.29 Å². The molecule has 301 valence electrons. The minimum Gasteiger partial charge on any atom is -0.396 e. The SMILES string of the molecule is C/C=C\CCCN(CCC/C=C\C)CCOCCC(C=O)NC(=O)C(CCO)NC.C/C=C\CCCN(CCC/C=C\CC)CCNO.NC=O.[Y]. The third-order valence-corrected chi connectivity index (χ3v) is 7.73. The largest absolute Gasteiger partial charge is 0.396 e. The van der Waals surface area contributed by atoms with Crippen molar-refractivity contribution in [2.45, 2.75) is 110 Å². The molecule has 12 nitrogen and oxygen atoms in total. The number of rotatable bonds is 32. The van der Waals surface area contributed by atoms with Gasteiger partial charge in [0.2, 0.25) is 12.3 Å². The number of carbonyl (C=O) groups is 3. The van der Waals surface area contributed by atoms with E-state index >= 15 is 0 Å². The van der Waals surface area contributed by atoms with Gasteiger partial charge in [0.05, 0.1) is 18.7 Å². The van der Waals surface area contributed by atoms with Gasteiger partial charge in [0.15, 0.2) is 0 Å². The van der Waals surface area contributed by atoms with Gasteiger partial charge in [-0.25, -0.2) is 5.48 Å². The van der Waals surface area contributed by atoms with Crippen molar-refractivity contribution in [1.29, 1.82) is 0 Å². The molecule has 2 amide bonds. The van der Waals surface area contributed by atoms with Gasteiger partial charge in [-0.3, -0.25) is 9.59 Å². The molecule has 7 N–H and O–H groups in total. The number of nitrogens with one attached hydrogen (secondary N) is 3. The number of hydrogen-bond acceptors (Lipinski definition) is 10. The Morgan fingerprint density at radius 3 is 1.65 bits per heavy atom. The summed E-state index contributed by atoms with van der Waals surface area (Å²) in [6.07, 6.45) is 29.4. The van der Waals surface area contributed by atoms with E-state index < -0.39 is 12.1 Å². The van der Waals surface area contributed by atoms with Crippen LogP contribution in [0.3, 0.4) is 0 Å². The number of allylic oxidation sites excluding steroid dienone is 8. The van der Waals surface area contributed by atoms with Crippen LogP contribution in [0.15, 0.2) is 48.6 Å². The first kappa shape index (κ1) is 57.1. The van der Waals surface area contributed by atoms with E-state index in [1.807, 2.05) is 13.8 Å². The molecule has 13 heteroatoms. The van der Waals surface area contributed by atoms with Crippen LogP contribution in [0, 0.1) is 0 Å². The molecule has 1 radical (unpaired) electrons. The topological polar surface area (TPSA) is 169 Å². The molecule has 52 heavy (non-hydrogen) atoms. The molecular weight excluding hydrogens is 737 g/mol. The van der Waals surface area contributed by atoms with Gasteiger partial charge >= 0.3 is 0 Å². The van der Waals surface area contributed by atoms with Crippen LogP contribution in [-0.2, 0) is 51.8 Å². The molecule has 0 aliphatic carbocycles. The summed E-state index contributed by atoms with van der Waals surface area (Å²) in [5.41, 5.74) is 6.41. The number of ether oxygens (including phenoxy) is 1. The number of unbranched alkanes of at least 4 members (excludes halogenated alkanes) is 4. The maximum Gasteiger partial charge on any atom is 0.237 e. The van der Waals surface area contributed by atoms with E-state index in [0.717, 1.165) is 90.5 Å². The second kappa shape index (κ2) is 49.4. The van der Waals surface area contributed by atoms with Crippen LogP contribution in [0.4, 0.5) is 0 Å². The van der Waals surface area contributed by atoms with Crippen LogP contribution in [0.25, 0.3) is 0 Å². The summed E-state index contributed by atoms with van der Waals surface area (Å²) in [6.45, 7) is 16.0. The van der Waals surface area contributed by atoms with Crippen LogP contribution in [-0.4, -0.2) is 123 Å². The van der Waals surface area contributed by atoms with Gasteiger partial charge in [0, 0.05) is 65.6 Å². The molecule has 2 unspecified atom stereocenters. The quantitative estimate of drug-likeness (QED) is 0.0246. The second-order valence-electron chi connectivity index (χ2n) is 11.9. The summed E-state index contributed by atoms with van der Waals surface area (Å²) >= 11 is 0. The molecule has 0 aromatic heterocycles. The van der Waals surface area contributed by atoms with E-state index in [4.69, 9.17) is 19.8 Å². The van der Waals surface area contributed by atoms with Gasteiger partial charge in [-0.05, 0) is 125 Å². The molecule has 0 fully saturated rings. The number of nitrogens with zero attached hydrogens (tertiary/aromatic N) is 2. The zero-order valence-electron chi connectivity index (χ0n) is 33.4. The van der Waals surface area contributed by atoms with Crippen molar-refractivity contribution in [2.24, 2.45) is 5.73 Å². The normalized spacial score (nSPS) is 12.5. The Morgan fingerprint density at radius 1 is 0.769 bits per heavy atom. The maximum absolute atomic E-state index is 12.1. The predicted molar refractivity (Wildman–Crippen MR) is 212 cm³/mol. The molecule has 0 bridgehead atoms. The molecule has 0 saturated carbocycles. The monoisotopic (exact) mass is 813 g/mol. The number of amides is 2. The predicted octanol–water partition coefficient (Wildman–Crippen LogP) is 4.53. The molecule has 0 aromatic rings. The molecule has 2 atom stereocenters. The van der Waals surface area contributed by atoms with Crippen LogP contribution in [0.5, 0.6) is 0 Å². The standard InChI is InChI=1S/C23H43N3O4.C15H30N2O.CH3NO.Y/c1-4-6-8-10-14-26(15-11-9-7-5-2)16-19-30-18-13-21(20-28)25-23(29)22(24-3)12-17-27;1-3-5-7-9-11-14-17(15-12-16-18)13-10-8-6-4-2;2-1-3;/h4-7,20-22,24,27H,8-19H2,1-3H3,(H,25,29);4-7,16,18H,3,8-15H2,1-2H3;1H,(H2,2,3);/b2*6-4-,7-5-;;. The van der Waals surface area contributed by atoms with Crippen molar-refractivity contribution >= 4 is 18.6 Å². The van der Waals surface area contributed by atoms with Crippen molar-refractivity contribution < 1.29 is 62.1 Å². The molecule has 0 aliphatic rings. The number of primary amides is 1. The Kier molecular flexibility index (Phi) is 54.3. The van der Waals surface area contributed by atoms with Crippen molar-refractivity contribution in [1.82, 2.24) is 25.9 Å². The zero-order valence-corrected chi connectivity index (χ0v) is 36.2. The fourth-order valence-electron chi connectivity index (χ4n) is 4.89. The number of aliphatic hydroxyl groups excluding tert-OH is 1. The minimum absolute atomic E-state index is 0. The Morgan fingerprint density at radius 2 is 1.25 bits per heavy atom. The molecule has 0 saturated heterocycles. The number of hydrogen-bond donors (Lipinski definition) is 6. The smallest absolute Gasteiger partial charge is 0.237 e. The number of likely N-dealkylation sites (N-methyl/N-ethyl adjacent to an activating group) is 1. The Bertz CT molecular complexity index is 860. The molecule has 0 aromatic carbocycles. The van der Waals surface area contributed by atoms with Gasteiger partial charge in [-0.2, -0.15) is 0 Å². The van der Waals surface area contributed by atoms with Crippen LogP contribution in [0.1, 0.15) is 98.3 Å². The fourth-order valence-corrected chi connectivity index (χ4v) is 4.89. The van der Waals surface area contributed by atoms with Gasteiger partial charge < -0.3 is 46.0 Å². The van der Waals surface area contributed by atoms with E-state index in [2.05, 4.69) is 94.1 Å². The third-order valence-electron chi connectivity index (χ3n) is 7.73. The average molecular weight is 814 g/mol. The maximum atomic E-state index is 12.1. The van der Waals surface area contributed by atoms with Crippen molar-refractivity contribution in [2.75, 3.05) is 72.7 Å². The summed E-state index contributed by atoms with van der Waals surface area (Å²) in [6, 6.07) is -1.08. The average Bonchev–Trinajstić information content (AvgIpc) is 3.13. The molecule has 0 spiro atoms. The van der Waals surface area contributed by atoms with E-state index in [0.29, 0.717) is 32.6 Å². The summed E-state index contributed by atoms with van der Waals surface area (Å²) in [5.74, 6) is -0.280. The van der Waals surface area contributed by atoms with Gasteiger partial charge in [-0.15, -0.1) is 0 Å². The van der Waals surface area contributed by atoms with Gasteiger partial charge in [-0.1, -0.05) is 55.5 Å². The molecule has 0 rings (SSSR count). The second-order valence-corrected chi connectivity index (χ2v) is 11.9. The summed E-state index contributed by atoms with van der Waals surface area (Å²) in [5, 5.41) is 23.2. The number of hydroxylamine groups is 1. The Labute approximate surface area is 342 Å². The Hall–Kier alpha value is -1.61. The van der Waals surface area contributed by atoms with Crippen molar-refractivity contribution in [3.05, 3.63) is 48.6 Å². The van der Waals surface area contributed by atoms with E-state index in [-0.39, 0.29) is 51.6 Å². The van der Waals surface area contributed by atoms with E-state index in [1.54, 1.807) is 7.05 Å². The third kappa shape index (κ3) is 42.8. The number of aliphatic hydroxyl groups is 1. The van der Waals surface area contributed by atoms with Crippen LogP contribution in [0.2, 0.25) is 0 Å². The summed E-state index contributed by atoms with van der Waals surface area (Å²) in [7, 11) is 1.65. The molecule has 0 aliphatic heterocycles. The molecular formula is C39H76N6O6Y. The first-order valence-electron chi connectivity index (χ1n) is 19.0. The first-order chi connectivity index (χ1) is 24.9.